The molecule has 0 spiro atoms. The molecule has 0 aromatic carbocycles. The van der Waals surface area contributed by atoms with Crippen LogP contribution in [0.15, 0.2) is 84.7 Å². The van der Waals surface area contributed by atoms with E-state index in [1.807, 2.05) is 13.8 Å². The maximum Gasteiger partial charge on any atom is 0.399 e. The fourth-order valence-corrected chi connectivity index (χ4v) is 4.05. The standard InChI is InChI=1S/C9H13NO3.C9H11NO3.C7H9NO3.C7H8O4.C6H6O4.C2H5I.C2H6O4S.H3N.H2O/c2*1-3-13-8-4-7(6-11)10-5-9(8)12-2;1-11-7-3-8-5(4-9)2-6(7)10;1-10-7-4-11-5(3-8)2-6(7)9;7-2-4-1-5(8)6(9)3-10-4;1-2-3;1-5-7(3,4)6-2;;/h4-5,11H,3,6H2,1-2H3;4-6H,3H2,1-2H3;2-3,9H,4H2,1H3,(H,8,10);2,4,8H,3H2,1H3;1,3,7,9H,2H2;2H2,1H3;1-2H3;1H3;1H2. The molecule has 396 valence electrons. The lowest BCUT2D eigenvalue weighted by Gasteiger charge is -2.09. The van der Waals surface area contributed by atoms with Crippen LogP contribution in [0, 0.1) is 0 Å². The quantitative estimate of drug-likeness (QED) is 0.0449. The first-order valence-electron chi connectivity index (χ1n) is 19.3. The lowest BCUT2D eigenvalue weighted by molar-refractivity contribution is 0.111. The Bertz CT molecular complexity index is 2380. The van der Waals surface area contributed by atoms with Gasteiger partial charge in [0, 0.05) is 42.2 Å². The van der Waals surface area contributed by atoms with E-state index >= 15 is 0 Å². The Morgan fingerprint density at radius 3 is 1.47 bits per heavy atom. The van der Waals surface area contributed by atoms with E-state index in [2.05, 4.69) is 62.0 Å². The number of pyridine rings is 3. The Morgan fingerprint density at radius 1 is 0.643 bits per heavy atom. The molecule has 0 aliphatic heterocycles. The van der Waals surface area contributed by atoms with Crippen LogP contribution in [-0.4, -0.2) is 121 Å². The highest BCUT2D eigenvalue weighted by Gasteiger charge is 2.07. The largest absolute Gasteiger partial charge is 0.502 e. The van der Waals surface area contributed by atoms with Crippen molar-refractivity contribution in [2.45, 2.75) is 47.2 Å². The molecule has 28 heteroatoms. The number of aromatic hydroxyl groups is 1. The Hall–Kier alpha value is -6.22. The number of rotatable bonds is 15. The summed E-state index contributed by atoms with van der Waals surface area (Å²) in [6, 6.07) is 6.75. The molecule has 26 nitrogen and oxygen atoms in total. The average Bonchev–Trinajstić information content (AvgIpc) is 3.36. The van der Waals surface area contributed by atoms with E-state index in [0.29, 0.717) is 59.6 Å². The number of aromatic amines is 1. The molecule has 11 N–H and O–H groups in total. The zero-order valence-electron chi connectivity index (χ0n) is 40.0. The summed E-state index contributed by atoms with van der Waals surface area (Å²) in [6.07, 6.45) is 7.17. The van der Waals surface area contributed by atoms with Gasteiger partial charge in [-0.25, -0.2) is 4.98 Å². The van der Waals surface area contributed by atoms with Crippen molar-refractivity contribution in [3.63, 3.8) is 0 Å². The lowest BCUT2D eigenvalue weighted by Crippen LogP contribution is -2.06. The fourth-order valence-electron chi connectivity index (χ4n) is 3.91. The van der Waals surface area contributed by atoms with Crippen molar-refractivity contribution in [2.75, 3.05) is 60.3 Å². The van der Waals surface area contributed by atoms with Gasteiger partial charge >= 0.3 is 10.4 Å². The molecule has 5 heterocycles. The molecule has 5 aromatic rings. The summed E-state index contributed by atoms with van der Waals surface area (Å²) in [5, 5.41) is 43.1. The van der Waals surface area contributed by atoms with Crippen molar-refractivity contribution in [3.8, 4) is 40.2 Å². The molecule has 0 saturated carbocycles. The van der Waals surface area contributed by atoms with Crippen molar-refractivity contribution < 1.29 is 89.8 Å². The molecule has 5 rings (SSSR count). The minimum absolute atomic E-state index is 0. The normalized spacial score (nSPS) is 9.40. The highest BCUT2D eigenvalue weighted by molar-refractivity contribution is 14.1. The number of carbonyl (C=O) groups excluding carboxylic acids is 1. The van der Waals surface area contributed by atoms with Crippen LogP contribution in [0.1, 0.15) is 54.2 Å². The molecule has 0 unspecified atom stereocenters. The number of aldehydes is 1. The molecule has 0 aliphatic carbocycles. The molecule has 0 bridgehead atoms. The third-order valence-electron chi connectivity index (χ3n) is 7.05. The second-order valence-corrected chi connectivity index (χ2v) is 14.5. The van der Waals surface area contributed by atoms with Gasteiger partial charge in [-0.05, 0) is 18.3 Å². The van der Waals surface area contributed by atoms with Crippen LogP contribution in [-0.2, 0) is 45.2 Å². The second-order valence-electron chi connectivity index (χ2n) is 11.5. The van der Waals surface area contributed by atoms with Gasteiger partial charge in [0.2, 0.25) is 22.0 Å². The highest BCUT2D eigenvalue weighted by Crippen LogP contribution is 2.27. The SMILES string of the molecule is CCI.CCOc1cc(C=O)ncc1OC.CCOc1cc(CO)ncc1OC.COS(=O)(=O)OC.COc1c[nH]c(CO)cc1=O.COc1coc(CO)cc1=O.N.O.O=c1cc(CO)occ1O. The summed E-state index contributed by atoms with van der Waals surface area (Å²) in [4.78, 5) is 53.4. The first-order chi connectivity index (χ1) is 32.4. The number of methoxy groups -OCH3 is 4. The van der Waals surface area contributed by atoms with Gasteiger partial charge in [-0.15, -0.1) is 0 Å². The van der Waals surface area contributed by atoms with Gasteiger partial charge in [0.1, 0.15) is 43.0 Å². The highest BCUT2D eigenvalue weighted by atomic mass is 127. The number of aliphatic hydroxyl groups excluding tert-OH is 4. The van der Waals surface area contributed by atoms with E-state index in [-0.39, 0.29) is 71.9 Å². The summed E-state index contributed by atoms with van der Waals surface area (Å²) >= 11 is 2.29. The first-order valence-corrected chi connectivity index (χ1v) is 22.2. The van der Waals surface area contributed by atoms with Crippen molar-refractivity contribution in [3.05, 3.63) is 121 Å². The van der Waals surface area contributed by atoms with E-state index in [4.69, 9.17) is 53.6 Å². The van der Waals surface area contributed by atoms with Crippen LogP contribution in [0.2, 0.25) is 0 Å². The molecule has 0 amide bonds. The number of nitrogens with one attached hydrogen (secondary N) is 1. The van der Waals surface area contributed by atoms with Crippen LogP contribution in [0.3, 0.4) is 0 Å². The van der Waals surface area contributed by atoms with Gasteiger partial charge < -0.3 is 79.4 Å². The Morgan fingerprint density at radius 2 is 1.10 bits per heavy atom. The first kappa shape index (κ1) is 70.3. The van der Waals surface area contributed by atoms with E-state index in [0.717, 1.165) is 26.5 Å². The van der Waals surface area contributed by atoms with E-state index in [1.165, 1.54) is 62.7 Å². The predicted molar refractivity (Wildman–Crippen MR) is 261 cm³/mol. The topological polar surface area (TPSA) is 412 Å². The zero-order chi connectivity index (χ0) is 52.1. The minimum Gasteiger partial charge on any atom is -0.502 e. The minimum atomic E-state index is -3.66. The molecule has 0 atom stereocenters. The second kappa shape index (κ2) is 41.7. The molecule has 0 saturated heterocycles. The van der Waals surface area contributed by atoms with Gasteiger partial charge in [0.15, 0.2) is 40.8 Å². The fraction of sp³-hybridized carbons (Fsp3) is 0.381. The Kier molecular flexibility index (Phi) is 41.9. The van der Waals surface area contributed by atoms with Crippen molar-refractivity contribution in [1.29, 1.82) is 0 Å². The van der Waals surface area contributed by atoms with E-state index < -0.39 is 21.6 Å². The molecular weight excluding hydrogens is 1070 g/mol. The summed E-state index contributed by atoms with van der Waals surface area (Å²) < 4.78 is 68.1. The van der Waals surface area contributed by atoms with Gasteiger partial charge in [0.05, 0.1) is 87.2 Å². The monoisotopic (exact) mass is 1130 g/mol. The summed E-state index contributed by atoms with van der Waals surface area (Å²) in [6.45, 7) is 6.07. The van der Waals surface area contributed by atoms with Crippen LogP contribution >= 0.6 is 22.6 Å². The van der Waals surface area contributed by atoms with E-state index in [9.17, 15) is 27.6 Å². The molecule has 0 radical (unpaired) electrons. The summed E-state index contributed by atoms with van der Waals surface area (Å²) in [7, 11) is 4.28. The van der Waals surface area contributed by atoms with Gasteiger partial charge in [0.25, 0.3) is 0 Å². The maximum absolute atomic E-state index is 11.0. The van der Waals surface area contributed by atoms with Crippen LogP contribution in [0.25, 0.3) is 0 Å². The number of alkyl halides is 1. The number of nitrogens with zero attached hydrogens (tertiary/aromatic N) is 2. The third kappa shape index (κ3) is 29.0. The van der Waals surface area contributed by atoms with Crippen LogP contribution in [0.4, 0.5) is 0 Å². The number of hydrogen-bond acceptors (Lipinski definition) is 24. The molecule has 0 aliphatic rings. The third-order valence-corrected chi connectivity index (χ3v) is 7.87. The summed E-state index contributed by atoms with van der Waals surface area (Å²) in [5.41, 5.74) is 0.331. The summed E-state index contributed by atoms with van der Waals surface area (Å²) in [5.74, 6) is 2.60. The van der Waals surface area contributed by atoms with Crippen LogP contribution in [0.5, 0.6) is 40.2 Å². The van der Waals surface area contributed by atoms with Gasteiger partial charge in [-0.1, -0.05) is 29.5 Å². The number of hydrogen-bond donors (Lipinski definition) is 7. The Balaban J connectivity index is -0.000000370. The van der Waals surface area contributed by atoms with Gasteiger partial charge in [-0.2, -0.15) is 8.42 Å². The molecule has 70 heavy (non-hydrogen) atoms. The smallest absolute Gasteiger partial charge is 0.399 e. The van der Waals surface area contributed by atoms with Crippen LogP contribution < -0.4 is 50.9 Å². The zero-order valence-corrected chi connectivity index (χ0v) is 42.9. The molecule has 5 aromatic heterocycles. The maximum atomic E-state index is 11.0. The Labute approximate surface area is 417 Å². The number of aliphatic hydroxyl groups is 4. The van der Waals surface area contributed by atoms with Crippen molar-refractivity contribution >= 4 is 39.3 Å². The number of halogens is 1. The number of aromatic nitrogens is 3. The number of ether oxygens (including phenoxy) is 6. The van der Waals surface area contributed by atoms with Crippen molar-refractivity contribution in [1.82, 2.24) is 21.1 Å². The van der Waals surface area contributed by atoms with Gasteiger partial charge in [-0.3, -0.25) is 32.5 Å². The predicted octanol–water partition coefficient (Wildman–Crippen LogP) is 2.44. The van der Waals surface area contributed by atoms with E-state index in [1.54, 1.807) is 19.2 Å². The number of H-pyrrole nitrogens is 1. The lowest BCUT2D eigenvalue weighted by atomic mass is 10.3. The molecular formula is C42H63IN4O22S. The molecule has 0 fully saturated rings. The average molecular weight is 1130 g/mol. The number of carbonyl (C=O) groups is 1. The van der Waals surface area contributed by atoms with Crippen molar-refractivity contribution in [2.24, 2.45) is 0 Å².